The monoisotopic (exact) mass is 496 g/mol. The minimum absolute atomic E-state index is 0.130. The highest BCUT2D eigenvalue weighted by molar-refractivity contribution is 7.91. The molecule has 1 unspecified atom stereocenters. The zero-order valence-electron chi connectivity index (χ0n) is 21.6. The van der Waals surface area contributed by atoms with Crippen LogP contribution in [0.5, 0.6) is 0 Å². The topological polar surface area (TPSA) is 106 Å². The molecular weight excluding hydrogens is 460 g/mol. The fourth-order valence-electron chi connectivity index (χ4n) is 3.94. The lowest BCUT2D eigenvalue weighted by Crippen LogP contribution is -2.19. The molecule has 35 heavy (non-hydrogen) atoms. The molecule has 1 atom stereocenters. The zero-order valence-corrected chi connectivity index (χ0v) is 22.4. The molecule has 1 heterocycles. The van der Waals surface area contributed by atoms with Gasteiger partial charge in [0.2, 0.25) is 0 Å². The van der Waals surface area contributed by atoms with E-state index in [0.29, 0.717) is 10.6 Å². The summed E-state index contributed by atoms with van der Waals surface area (Å²) in [6, 6.07) is 10.4. The predicted molar refractivity (Wildman–Crippen MR) is 143 cm³/mol. The third kappa shape index (κ3) is 6.56. The maximum absolute atomic E-state index is 13.1. The summed E-state index contributed by atoms with van der Waals surface area (Å²) in [5.74, 6) is 0.261. The number of benzene rings is 2. The molecule has 0 aliphatic rings. The molecule has 3 aromatic rings. The van der Waals surface area contributed by atoms with Crippen molar-refractivity contribution in [2.75, 3.05) is 19.4 Å². The number of rotatable bonds is 7. The van der Waals surface area contributed by atoms with Crippen molar-refractivity contribution in [3.05, 3.63) is 65.5 Å². The molecule has 3 N–H and O–H groups in total. The van der Waals surface area contributed by atoms with Gasteiger partial charge in [-0.05, 0) is 72.5 Å². The van der Waals surface area contributed by atoms with Gasteiger partial charge in [0.1, 0.15) is 9.92 Å². The van der Waals surface area contributed by atoms with Gasteiger partial charge in [-0.1, -0.05) is 39.8 Å². The Hall–Kier alpha value is -3.01. The van der Waals surface area contributed by atoms with Crippen molar-refractivity contribution < 1.29 is 9.00 Å². The van der Waals surface area contributed by atoms with Crippen LogP contribution in [0.2, 0.25) is 0 Å². The minimum atomic E-state index is -3.40. The van der Waals surface area contributed by atoms with Crippen LogP contribution in [0.3, 0.4) is 0 Å². The lowest BCUT2D eigenvalue weighted by atomic mass is 9.89. The van der Waals surface area contributed by atoms with Crippen molar-refractivity contribution in [2.45, 2.75) is 51.0 Å². The first-order chi connectivity index (χ1) is 16.4. The van der Waals surface area contributed by atoms with E-state index in [2.05, 4.69) is 54.6 Å². The maximum Gasteiger partial charge on any atom is 0.354 e. The Morgan fingerprint density at radius 1 is 1.09 bits per heavy atom. The molecule has 0 aliphatic carbocycles. The highest BCUT2D eigenvalue weighted by Crippen LogP contribution is 2.37. The van der Waals surface area contributed by atoms with Crippen molar-refractivity contribution >= 4 is 21.6 Å². The second-order valence-corrected chi connectivity index (χ2v) is 11.5. The van der Waals surface area contributed by atoms with Gasteiger partial charge in [-0.3, -0.25) is 4.68 Å². The molecule has 0 fully saturated rings. The van der Waals surface area contributed by atoms with E-state index in [4.69, 9.17) is 5.14 Å². The second kappa shape index (κ2) is 10.7. The van der Waals surface area contributed by atoms with Crippen LogP contribution in [-0.2, 0) is 23.5 Å². The summed E-state index contributed by atoms with van der Waals surface area (Å²) >= 11 is 0. The molecule has 0 spiro atoms. The number of nitrogens with two attached hydrogens (primary N) is 1. The molecule has 9 heteroatoms. The highest BCUT2D eigenvalue weighted by Gasteiger charge is 2.20. The van der Waals surface area contributed by atoms with Crippen molar-refractivity contribution in [3.8, 4) is 11.1 Å². The molecule has 1 aromatic heterocycles. The van der Waals surface area contributed by atoms with Crippen LogP contribution in [0.4, 0.5) is 10.5 Å². The standard InChI is InChI=1S/C26H36N6O2S/c1-17(2)23-12-20(21-14-28-32(7)16-21)13-24(18(3)4)25(23)29-26(33)30-35(27,34)22-10-8-19(9-11-22)15-31(5)6/h8-14,16-18H,15H2,1-7H3,(H3,27,29,30,33,34). The molecule has 0 bridgehead atoms. The first kappa shape index (κ1) is 26.6. The number of aromatic nitrogens is 2. The van der Waals surface area contributed by atoms with Crippen LogP contribution in [0.1, 0.15) is 56.2 Å². The van der Waals surface area contributed by atoms with Gasteiger partial charge in [-0.25, -0.2) is 14.1 Å². The highest BCUT2D eigenvalue weighted by atomic mass is 32.2. The number of nitrogens with one attached hydrogen (secondary N) is 1. The van der Waals surface area contributed by atoms with Gasteiger partial charge in [0.15, 0.2) is 0 Å². The summed E-state index contributed by atoms with van der Waals surface area (Å²) < 4.78 is 18.8. The molecule has 8 nitrogen and oxygen atoms in total. The van der Waals surface area contributed by atoms with E-state index in [-0.39, 0.29) is 11.8 Å². The van der Waals surface area contributed by atoms with Gasteiger partial charge in [0.25, 0.3) is 0 Å². The number of carbonyl (C=O) groups is 1. The number of aryl methyl sites for hydroxylation is 1. The van der Waals surface area contributed by atoms with Crippen molar-refractivity contribution in [3.63, 3.8) is 0 Å². The van der Waals surface area contributed by atoms with Gasteiger partial charge in [0, 0.05) is 31.0 Å². The van der Waals surface area contributed by atoms with Crippen molar-refractivity contribution in [1.82, 2.24) is 14.7 Å². The molecule has 0 radical (unpaired) electrons. The van der Waals surface area contributed by atoms with E-state index in [1.54, 1.807) is 16.8 Å². The number of anilines is 1. The van der Waals surface area contributed by atoms with Gasteiger partial charge in [0.05, 0.1) is 11.1 Å². The Kier molecular flexibility index (Phi) is 8.15. The lowest BCUT2D eigenvalue weighted by Gasteiger charge is -2.21. The number of hydrogen-bond acceptors (Lipinski definition) is 4. The fraction of sp³-hybridized carbons (Fsp3) is 0.385. The molecule has 0 saturated heterocycles. The van der Waals surface area contributed by atoms with Crippen molar-refractivity contribution in [1.29, 1.82) is 0 Å². The van der Waals surface area contributed by atoms with Crippen LogP contribution in [0.15, 0.2) is 58.1 Å². The van der Waals surface area contributed by atoms with E-state index in [0.717, 1.165) is 34.4 Å². The van der Waals surface area contributed by atoms with Gasteiger partial charge in [-0.2, -0.15) is 5.10 Å². The lowest BCUT2D eigenvalue weighted by molar-refractivity contribution is 0.260. The Morgan fingerprint density at radius 2 is 1.66 bits per heavy atom. The smallest absolute Gasteiger partial charge is 0.305 e. The number of amides is 2. The Bertz CT molecular complexity index is 1290. The first-order valence-corrected chi connectivity index (χ1v) is 13.2. The average Bonchev–Trinajstić information content (AvgIpc) is 3.19. The molecule has 3 rings (SSSR count). The van der Waals surface area contributed by atoms with Crippen LogP contribution >= 0.6 is 0 Å². The minimum Gasteiger partial charge on any atom is -0.305 e. The molecule has 188 valence electrons. The van der Waals surface area contributed by atoms with E-state index in [1.165, 1.54) is 0 Å². The summed E-state index contributed by atoms with van der Waals surface area (Å²) in [6.07, 6.45) is 3.79. The predicted octanol–water partition coefficient (Wildman–Crippen LogP) is 5.33. The first-order valence-electron chi connectivity index (χ1n) is 11.6. The number of urea groups is 1. The summed E-state index contributed by atoms with van der Waals surface area (Å²) in [4.78, 5) is 15.3. The van der Waals surface area contributed by atoms with Gasteiger partial charge < -0.3 is 10.2 Å². The Labute approximate surface area is 208 Å². The number of hydrogen-bond donors (Lipinski definition) is 2. The second-order valence-electron chi connectivity index (χ2n) is 9.71. The summed E-state index contributed by atoms with van der Waals surface area (Å²) in [6.45, 7) is 9.02. The number of nitrogens with zero attached hydrogens (tertiary/aromatic N) is 4. The third-order valence-corrected chi connectivity index (χ3v) is 7.08. The molecule has 0 aliphatic heterocycles. The largest absolute Gasteiger partial charge is 0.354 e. The maximum atomic E-state index is 13.1. The molecule has 2 aromatic carbocycles. The Morgan fingerprint density at radius 3 is 2.11 bits per heavy atom. The van der Waals surface area contributed by atoms with Crippen molar-refractivity contribution in [2.24, 2.45) is 16.5 Å². The summed E-state index contributed by atoms with van der Waals surface area (Å²) in [5.41, 5.74) is 5.70. The van der Waals surface area contributed by atoms with E-state index in [9.17, 15) is 9.00 Å². The van der Waals surface area contributed by atoms with Crippen LogP contribution in [-0.4, -0.2) is 39.0 Å². The Balaban J connectivity index is 1.98. The van der Waals surface area contributed by atoms with Crippen LogP contribution in [0, 0.1) is 0 Å². The van der Waals surface area contributed by atoms with Crippen LogP contribution < -0.4 is 10.5 Å². The van der Waals surface area contributed by atoms with Gasteiger partial charge >= 0.3 is 6.03 Å². The summed E-state index contributed by atoms with van der Waals surface area (Å²) in [5, 5.41) is 13.2. The fourth-order valence-corrected chi connectivity index (χ4v) is 4.86. The zero-order chi connectivity index (χ0) is 25.9. The van der Waals surface area contributed by atoms with E-state index >= 15 is 0 Å². The summed E-state index contributed by atoms with van der Waals surface area (Å²) in [7, 11) is 2.42. The third-order valence-electron chi connectivity index (χ3n) is 5.69. The quantitative estimate of drug-likeness (QED) is 0.461. The normalized spacial score (nSPS) is 13.3. The van der Waals surface area contributed by atoms with Gasteiger partial charge in [-0.15, -0.1) is 4.36 Å². The molecule has 0 saturated carbocycles. The van der Waals surface area contributed by atoms with Crippen LogP contribution in [0.25, 0.3) is 11.1 Å². The average molecular weight is 497 g/mol. The van der Waals surface area contributed by atoms with E-state index < -0.39 is 15.9 Å². The molecule has 2 amide bonds. The molecular formula is C26H36N6O2S. The van der Waals surface area contributed by atoms with E-state index in [1.807, 2.05) is 50.6 Å². The SMILES string of the molecule is CC(C)c1cc(-c2cnn(C)c2)cc(C(C)C)c1NC(=O)N=S(N)(=O)c1ccc(CN(C)C)cc1. The number of carbonyl (C=O) groups excluding carboxylic acids is 1.